The largest absolute Gasteiger partial charge is 0.469 e. The van der Waals surface area contributed by atoms with Gasteiger partial charge in [0, 0.05) is 11.5 Å². The van der Waals surface area contributed by atoms with Crippen molar-refractivity contribution in [2.75, 3.05) is 7.11 Å². The molecule has 0 amide bonds. The van der Waals surface area contributed by atoms with Crippen molar-refractivity contribution in [2.45, 2.75) is 31.6 Å². The van der Waals surface area contributed by atoms with E-state index in [2.05, 4.69) is 9.72 Å². The van der Waals surface area contributed by atoms with E-state index in [0.29, 0.717) is 12.8 Å². The highest BCUT2D eigenvalue weighted by molar-refractivity contribution is 6.32. The Morgan fingerprint density at radius 2 is 1.76 bits per heavy atom. The molecule has 0 saturated heterocycles. The van der Waals surface area contributed by atoms with Crippen molar-refractivity contribution in [2.24, 2.45) is 11.8 Å². The molecule has 3 nitrogen and oxygen atoms in total. The van der Waals surface area contributed by atoms with Gasteiger partial charge in [0.25, 0.3) is 5.92 Å². The van der Waals surface area contributed by atoms with Crippen LogP contribution in [0.3, 0.4) is 0 Å². The molecule has 2 rings (SSSR count). The molecule has 0 N–H and O–H groups in total. The summed E-state index contributed by atoms with van der Waals surface area (Å²) in [4.78, 5) is 15.1. The average Bonchev–Trinajstić information content (AvgIpc) is 2.45. The Hall–Kier alpha value is -0.940. The zero-order valence-electron chi connectivity index (χ0n) is 11.4. The first-order valence-corrected chi connectivity index (χ1v) is 7.39. The molecular weight excluding hydrogens is 323 g/mol. The molecule has 7 heteroatoms. The fourth-order valence-corrected chi connectivity index (χ4v) is 3.21. The minimum absolute atomic E-state index is 0.0552. The van der Waals surface area contributed by atoms with Crippen molar-refractivity contribution in [3.63, 3.8) is 0 Å². The first kappa shape index (κ1) is 16.4. The summed E-state index contributed by atoms with van der Waals surface area (Å²) in [6.45, 7) is 0. The third-order valence-electron chi connectivity index (χ3n) is 3.92. The Balaban J connectivity index is 2.12. The van der Waals surface area contributed by atoms with E-state index < -0.39 is 11.8 Å². The summed E-state index contributed by atoms with van der Waals surface area (Å²) >= 11 is 11.4. The molecule has 1 aromatic rings. The lowest BCUT2D eigenvalue weighted by molar-refractivity contribution is -0.149. The van der Waals surface area contributed by atoms with Crippen LogP contribution in [0.15, 0.2) is 12.1 Å². The molecule has 0 radical (unpaired) electrons. The van der Waals surface area contributed by atoms with Crippen LogP contribution in [0.5, 0.6) is 0 Å². The van der Waals surface area contributed by atoms with Crippen LogP contribution in [-0.2, 0) is 15.5 Å². The molecule has 1 fully saturated rings. The van der Waals surface area contributed by atoms with Crippen molar-refractivity contribution in [1.82, 2.24) is 4.98 Å². The van der Waals surface area contributed by atoms with E-state index in [4.69, 9.17) is 23.2 Å². The number of carbonyl (C=O) groups excluding carboxylic acids is 1. The van der Waals surface area contributed by atoms with Gasteiger partial charge in [-0.15, -0.1) is 0 Å². The zero-order valence-corrected chi connectivity index (χ0v) is 12.9. The number of halogens is 4. The number of carbonyl (C=O) groups is 1. The van der Waals surface area contributed by atoms with Gasteiger partial charge in [-0.3, -0.25) is 4.79 Å². The van der Waals surface area contributed by atoms with Gasteiger partial charge in [-0.05, 0) is 37.8 Å². The molecule has 0 aromatic carbocycles. The van der Waals surface area contributed by atoms with Gasteiger partial charge in [0.05, 0.1) is 13.0 Å². The van der Waals surface area contributed by atoms with Crippen molar-refractivity contribution < 1.29 is 18.3 Å². The standard InChI is InChI=1S/C14H15Cl2F2NO2/c1-21-13(20)8-2-4-9(5-3-8)14(17,18)10-6-11(15)19-12(16)7-10/h6-9H,2-5H2,1H3/t8-,9-. The number of rotatable bonds is 3. The molecule has 0 atom stereocenters. The van der Waals surface area contributed by atoms with Crippen molar-refractivity contribution >= 4 is 29.2 Å². The van der Waals surface area contributed by atoms with Gasteiger partial charge in [0.15, 0.2) is 0 Å². The fourth-order valence-electron chi connectivity index (χ4n) is 2.75. The Morgan fingerprint density at radius 1 is 1.24 bits per heavy atom. The Morgan fingerprint density at radius 3 is 2.24 bits per heavy atom. The predicted octanol–water partition coefficient (Wildman–Crippen LogP) is 4.46. The van der Waals surface area contributed by atoms with Crippen molar-refractivity contribution in [3.05, 3.63) is 28.0 Å². The zero-order chi connectivity index (χ0) is 15.6. The Kier molecular flexibility index (Phi) is 5.04. The maximum atomic E-state index is 14.6. The summed E-state index contributed by atoms with van der Waals surface area (Å²) in [7, 11) is 1.31. The Labute approximate surface area is 131 Å². The van der Waals surface area contributed by atoms with Crippen LogP contribution in [0, 0.1) is 11.8 Å². The minimum atomic E-state index is -3.04. The van der Waals surface area contributed by atoms with Crippen LogP contribution in [-0.4, -0.2) is 18.1 Å². The van der Waals surface area contributed by atoms with E-state index in [9.17, 15) is 13.6 Å². The van der Waals surface area contributed by atoms with Crippen LogP contribution in [0.25, 0.3) is 0 Å². The summed E-state index contributed by atoms with van der Waals surface area (Å²) < 4.78 is 33.8. The molecule has 1 heterocycles. The summed E-state index contributed by atoms with van der Waals surface area (Å²) in [5, 5.41) is -0.110. The van der Waals surface area contributed by atoms with Gasteiger partial charge in [0.2, 0.25) is 0 Å². The molecule has 1 aliphatic rings. The molecule has 1 aromatic heterocycles. The molecule has 21 heavy (non-hydrogen) atoms. The molecule has 0 unspecified atom stereocenters. The number of hydrogen-bond acceptors (Lipinski definition) is 3. The lowest BCUT2D eigenvalue weighted by Crippen LogP contribution is -2.32. The highest BCUT2D eigenvalue weighted by Crippen LogP contribution is 2.45. The number of esters is 1. The summed E-state index contributed by atoms with van der Waals surface area (Å²) in [5.41, 5.74) is -0.228. The number of hydrogen-bond donors (Lipinski definition) is 0. The first-order chi connectivity index (χ1) is 9.84. The molecule has 1 aliphatic carbocycles. The van der Waals surface area contributed by atoms with Crippen molar-refractivity contribution in [3.8, 4) is 0 Å². The lowest BCUT2D eigenvalue weighted by atomic mass is 9.77. The number of methoxy groups -OCH3 is 1. The summed E-state index contributed by atoms with van der Waals surface area (Å²) in [6.07, 6.45) is 1.31. The SMILES string of the molecule is COC(=O)[C@H]1CC[C@H](C(F)(F)c2cc(Cl)nc(Cl)c2)CC1. The lowest BCUT2D eigenvalue weighted by Gasteiger charge is -2.33. The number of pyridine rings is 1. The fraction of sp³-hybridized carbons (Fsp3) is 0.571. The summed E-state index contributed by atoms with van der Waals surface area (Å²) in [5.74, 6) is -4.50. The van der Waals surface area contributed by atoms with Crippen LogP contribution in [0.4, 0.5) is 8.78 Å². The maximum absolute atomic E-state index is 14.6. The summed E-state index contributed by atoms with van der Waals surface area (Å²) in [6, 6.07) is 2.28. The van der Waals surface area contributed by atoms with E-state index >= 15 is 0 Å². The van der Waals surface area contributed by atoms with E-state index in [-0.39, 0.29) is 40.6 Å². The van der Waals surface area contributed by atoms with E-state index in [1.807, 2.05) is 0 Å². The third-order valence-corrected chi connectivity index (χ3v) is 4.31. The van der Waals surface area contributed by atoms with Gasteiger partial charge < -0.3 is 4.74 Å². The number of nitrogens with zero attached hydrogens (tertiary/aromatic N) is 1. The molecule has 0 spiro atoms. The highest BCUT2D eigenvalue weighted by atomic mass is 35.5. The maximum Gasteiger partial charge on any atom is 0.308 e. The van der Waals surface area contributed by atoms with Crippen LogP contribution in [0.2, 0.25) is 10.3 Å². The second-order valence-corrected chi connectivity index (χ2v) is 5.97. The topological polar surface area (TPSA) is 39.2 Å². The van der Waals surface area contributed by atoms with Gasteiger partial charge >= 0.3 is 5.97 Å². The Bertz CT molecular complexity index is 511. The first-order valence-electron chi connectivity index (χ1n) is 6.63. The second kappa shape index (κ2) is 6.44. The van der Waals surface area contributed by atoms with Crippen LogP contribution in [0.1, 0.15) is 31.2 Å². The van der Waals surface area contributed by atoms with Crippen LogP contribution >= 0.6 is 23.2 Å². The molecule has 0 aliphatic heterocycles. The normalized spacial score (nSPS) is 22.9. The second-order valence-electron chi connectivity index (χ2n) is 5.20. The van der Waals surface area contributed by atoms with E-state index in [1.54, 1.807) is 0 Å². The quantitative estimate of drug-likeness (QED) is 0.603. The van der Waals surface area contributed by atoms with E-state index in [0.717, 1.165) is 12.1 Å². The monoisotopic (exact) mass is 337 g/mol. The van der Waals surface area contributed by atoms with Gasteiger partial charge in [-0.2, -0.15) is 0 Å². The molecular formula is C14H15Cl2F2NO2. The molecule has 116 valence electrons. The van der Waals surface area contributed by atoms with Crippen molar-refractivity contribution in [1.29, 1.82) is 0 Å². The van der Waals surface area contributed by atoms with Gasteiger partial charge in [0.1, 0.15) is 10.3 Å². The molecule has 1 saturated carbocycles. The predicted molar refractivity (Wildman–Crippen MR) is 75.6 cm³/mol. The minimum Gasteiger partial charge on any atom is -0.469 e. The van der Waals surface area contributed by atoms with Gasteiger partial charge in [-0.25, -0.2) is 13.8 Å². The molecule has 0 bridgehead atoms. The van der Waals surface area contributed by atoms with Crippen LogP contribution < -0.4 is 0 Å². The van der Waals surface area contributed by atoms with E-state index in [1.165, 1.54) is 7.11 Å². The highest BCUT2D eigenvalue weighted by Gasteiger charge is 2.44. The smallest absolute Gasteiger partial charge is 0.308 e. The number of aromatic nitrogens is 1. The number of alkyl halides is 2. The van der Waals surface area contributed by atoms with Gasteiger partial charge in [-0.1, -0.05) is 23.2 Å². The number of ether oxygens (including phenoxy) is 1. The average molecular weight is 338 g/mol. The third kappa shape index (κ3) is 3.64.